The van der Waals surface area contributed by atoms with E-state index in [9.17, 15) is 5.11 Å². The van der Waals surface area contributed by atoms with E-state index in [2.05, 4.69) is 33.5 Å². The van der Waals surface area contributed by atoms with Gasteiger partial charge in [0, 0.05) is 29.0 Å². The summed E-state index contributed by atoms with van der Waals surface area (Å²) in [5, 5.41) is 13.2. The van der Waals surface area contributed by atoms with Gasteiger partial charge in [0.2, 0.25) is 0 Å². The summed E-state index contributed by atoms with van der Waals surface area (Å²) in [7, 11) is 0. The average Bonchev–Trinajstić information content (AvgIpc) is 3.10. The maximum atomic E-state index is 9.94. The van der Waals surface area contributed by atoms with Gasteiger partial charge in [-0.25, -0.2) is 4.98 Å². The number of hydrogen-bond donors (Lipinski definition) is 1. The molecule has 1 N–H and O–H groups in total. The molecule has 4 rings (SSSR count). The van der Waals surface area contributed by atoms with Crippen LogP contribution >= 0.6 is 11.3 Å². The fourth-order valence-corrected chi connectivity index (χ4v) is 4.58. The molecule has 3 heterocycles. The van der Waals surface area contributed by atoms with Crippen LogP contribution in [0.2, 0.25) is 0 Å². The van der Waals surface area contributed by atoms with Crippen molar-refractivity contribution in [3.05, 3.63) is 57.9 Å². The number of phenols is 1. The molecular formula is C21H24N2OS. The van der Waals surface area contributed by atoms with Gasteiger partial charge in [-0.05, 0) is 61.4 Å². The van der Waals surface area contributed by atoms with Gasteiger partial charge in [-0.2, -0.15) is 0 Å². The molecule has 0 aliphatic carbocycles. The zero-order chi connectivity index (χ0) is 17.1. The first-order chi connectivity index (χ1) is 12.3. The van der Waals surface area contributed by atoms with Crippen molar-refractivity contribution in [3.63, 3.8) is 0 Å². The normalized spacial score (nSPS) is 14.7. The number of rotatable bonds is 6. The molecule has 1 aliphatic heterocycles. The van der Waals surface area contributed by atoms with Crippen molar-refractivity contribution in [3.8, 4) is 5.75 Å². The summed E-state index contributed by atoms with van der Waals surface area (Å²) < 4.78 is 0. The van der Waals surface area contributed by atoms with Crippen molar-refractivity contribution in [2.24, 2.45) is 0 Å². The van der Waals surface area contributed by atoms with Crippen molar-refractivity contribution in [2.45, 2.75) is 38.6 Å². The number of aromatic nitrogens is 1. The third-order valence-electron chi connectivity index (χ3n) is 5.07. The van der Waals surface area contributed by atoms with Gasteiger partial charge in [0.05, 0.1) is 0 Å². The lowest BCUT2D eigenvalue weighted by Crippen LogP contribution is -2.30. The molecule has 0 radical (unpaired) electrons. The van der Waals surface area contributed by atoms with E-state index in [1.165, 1.54) is 32.4 Å². The standard InChI is InChI=1S/C21H24N2OS/c24-19-7-4-5-17-8-9-18(22-21(17)19)6-2-1-3-12-23-13-10-16-11-14-25-20(16)15-23/h4-5,7-9,11,14,24H,1-3,6,10,12-13,15H2. The molecule has 0 amide bonds. The average molecular weight is 353 g/mol. The molecule has 0 unspecified atom stereocenters. The topological polar surface area (TPSA) is 36.4 Å². The molecular weight excluding hydrogens is 328 g/mol. The SMILES string of the molecule is Oc1cccc2ccc(CCCCCN3CCc4ccsc4C3)nc12. The molecule has 0 spiro atoms. The summed E-state index contributed by atoms with van der Waals surface area (Å²) >= 11 is 1.90. The number of pyridine rings is 1. The fourth-order valence-electron chi connectivity index (χ4n) is 3.61. The lowest BCUT2D eigenvalue weighted by molar-refractivity contribution is 0.251. The van der Waals surface area contributed by atoms with E-state index in [4.69, 9.17) is 0 Å². The van der Waals surface area contributed by atoms with Gasteiger partial charge in [0.15, 0.2) is 0 Å². The fraction of sp³-hybridized carbons (Fsp3) is 0.381. The number of hydrogen-bond acceptors (Lipinski definition) is 4. The lowest BCUT2D eigenvalue weighted by Gasteiger charge is -2.26. The van der Waals surface area contributed by atoms with Crippen LogP contribution in [0.15, 0.2) is 41.8 Å². The summed E-state index contributed by atoms with van der Waals surface area (Å²) in [6.07, 6.45) is 5.83. The molecule has 130 valence electrons. The number of aromatic hydroxyl groups is 1. The zero-order valence-corrected chi connectivity index (χ0v) is 15.3. The summed E-state index contributed by atoms with van der Waals surface area (Å²) in [6, 6.07) is 12.0. The first-order valence-corrected chi connectivity index (χ1v) is 10.0. The minimum absolute atomic E-state index is 0.275. The maximum Gasteiger partial charge on any atom is 0.141 e. The van der Waals surface area contributed by atoms with Gasteiger partial charge in [-0.1, -0.05) is 24.6 Å². The molecule has 1 aliphatic rings. The van der Waals surface area contributed by atoms with E-state index < -0.39 is 0 Å². The van der Waals surface area contributed by atoms with E-state index in [-0.39, 0.29) is 5.75 Å². The molecule has 3 nitrogen and oxygen atoms in total. The monoisotopic (exact) mass is 352 g/mol. The first kappa shape index (κ1) is 16.6. The molecule has 4 heteroatoms. The van der Waals surface area contributed by atoms with E-state index in [1.807, 2.05) is 23.5 Å². The minimum atomic E-state index is 0.275. The number of para-hydroxylation sites is 1. The maximum absolute atomic E-state index is 9.94. The minimum Gasteiger partial charge on any atom is -0.506 e. The van der Waals surface area contributed by atoms with Gasteiger partial charge in [-0.15, -0.1) is 11.3 Å². The van der Waals surface area contributed by atoms with Crippen LogP contribution in [-0.2, 0) is 19.4 Å². The van der Waals surface area contributed by atoms with E-state index in [1.54, 1.807) is 16.5 Å². The van der Waals surface area contributed by atoms with Gasteiger partial charge in [0.25, 0.3) is 0 Å². The summed E-state index contributed by atoms with van der Waals surface area (Å²) in [5.74, 6) is 0.275. The Hall–Kier alpha value is -1.91. The number of aryl methyl sites for hydroxylation is 1. The molecule has 25 heavy (non-hydrogen) atoms. The number of phenolic OH excluding ortho intramolecular Hbond substituents is 1. The molecule has 3 aromatic rings. The third-order valence-corrected chi connectivity index (χ3v) is 6.01. The van der Waals surface area contributed by atoms with Crippen molar-refractivity contribution < 1.29 is 5.11 Å². The van der Waals surface area contributed by atoms with Crippen LogP contribution in [0.1, 0.15) is 35.4 Å². The van der Waals surface area contributed by atoms with Crippen molar-refractivity contribution in [1.29, 1.82) is 0 Å². The zero-order valence-electron chi connectivity index (χ0n) is 14.4. The van der Waals surface area contributed by atoms with Crippen LogP contribution in [0.25, 0.3) is 10.9 Å². The van der Waals surface area contributed by atoms with Crippen LogP contribution in [0, 0.1) is 0 Å². The van der Waals surface area contributed by atoms with Crippen LogP contribution in [0.4, 0.5) is 0 Å². The Morgan fingerprint density at radius 1 is 1.08 bits per heavy atom. The summed E-state index contributed by atoms with van der Waals surface area (Å²) in [4.78, 5) is 8.77. The molecule has 0 saturated carbocycles. The van der Waals surface area contributed by atoms with Gasteiger partial charge in [0.1, 0.15) is 11.3 Å². The van der Waals surface area contributed by atoms with Crippen LogP contribution in [0.3, 0.4) is 0 Å². The Balaban J connectivity index is 1.23. The molecule has 1 aromatic carbocycles. The summed E-state index contributed by atoms with van der Waals surface area (Å²) in [6.45, 7) is 3.54. The van der Waals surface area contributed by atoms with Crippen LogP contribution < -0.4 is 0 Å². The Morgan fingerprint density at radius 3 is 3.00 bits per heavy atom. The second-order valence-corrected chi connectivity index (χ2v) is 7.86. The number of fused-ring (bicyclic) bond motifs is 2. The molecule has 0 saturated heterocycles. The Bertz CT molecular complexity index is 858. The molecule has 0 fully saturated rings. The highest BCUT2D eigenvalue weighted by molar-refractivity contribution is 7.10. The molecule has 0 atom stereocenters. The number of nitrogens with zero attached hydrogens (tertiary/aromatic N) is 2. The number of unbranched alkanes of at least 4 members (excludes halogenated alkanes) is 2. The molecule has 0 bridgehead atoms. The molecule has 2 aromatic heterocycles. The first-order valence-electron chi connectivity index (χ1n) is 9.15. The number of thiophene rings is 1. The van der Waals surface area contributed by atoms with E-state index >= 15 is 0 Å². The smallest absolute Gasteiger partial charge is 0.141 e. The number of benzene rings is 1. The lowest BCUT2D eigenvalue weighted by atomic mass is 10.1. The van der Waals surface area contributed by atoms with Gasteiger partial charge < -0.3 is 5.11 Å². The Kier molecular flexibility index (Phi) is 4.99. The van der Waals surface area contributed by atoms with Crippen molar-refractivity contribution in [1.82, 2.24) is 9.88 Å². The van der Waals surface area contributed by atoms with E-state index in [0.29, 0.717) is 0 Å². The second-order valence-electron chi connectivity index (χ2n) is 6.86. The van der Waals surface area contributed by atoms with E-state index in [0.717, 1.165) is 36.0 Å². The predicted octanol–water partition coefficient (Wildman–Crippen LogP) is 4.77. The third kappa shape index (κ3) is 3.86. The van der Waals surface area contributed by atoms with Gasteiger partial charge >= 0.3 is 0 Å². The Morgan fingerprint density at radius 2 is 2.04 bits per heavy atom. The second kappa shape index (κ2) is 7.54. The predicted molar refractivity (Wildman–Crippen MR) is 104 cm³/mol. The van der Waals surface area contributed by atoms with Gasteiger partial charge in [-0.3, -0.25) is 4.90 Å². The Labute approximate surface area is 152 Å². The summed E-state index contributed by atoms with van der Waals surface area (Å²) in [5.41, 5.74) is 3.36. The highest BCUT2D eigenvalue weighted by Crippen LogP contribution is 2.25. The van der Waals surface area contributed by atoms with Crippen molar-refractivity contribution >= 4 is 22.2 Å². The van der Waals surface area contributed by atoms with Crippen LogP contribution in [-0.4, -0.2) is 28.1 Å². The largest absolute Gasteiger partial charge is 0.506 e. The highest BCUT2D eigenvalue weighted by Gasteiger charge is 2.16. The quantitative estimate of drug-likeness (QED) is 0.649. The highest BCUT2D eigenvalue weighted by atomic mass is 32.1. The van der Waals surface area contributed by atoms with Crippen molar-refractivity contribution in [2.75, 3.05) is 13.1 Å². The van der Waals surface area contributed by atoms with Crippen LogP contribution in [0.5, 0.6) is 5.75 Å².